The first-order chi connectivity index (χ1) is 9.58. The van der Waals surface area contributed by atoms with Gasteiger partial charge in [-0.05, 0) is 50.4 Å². The number of aliphatic hydroxyl groups excluding tert-OH is 1. The number of aryl methyl sites for hydroxylation is 1. The topological polar surface area (TPSA) is 23.5 Å². The first-order valence-electron chi connectivity index (χ1n) is 7.72. The van der Waals surface area contributed by atoms with Gasteiger partial charge in [-0.1, -0.05) is 43.0 Å². The van der Waals surface area contributed by atoms with E-state index in [1.54, 1.807) is 0 Å². The van der Waals surface area contributed by atoms with Crippen molar-refractivity contribution in [2.75, 3.05) is 13.6 Å². The molecule has 0 aliphatic heterocycles. The molecule has 0 aromatic heterocycles. The van der Waals surface area contributed by atoms with Crippen LogP contribution in [0.2, 0.25) is 5.02 Å². The van der Waals surface area contributed by atoms with Crippen molar-refractivity contribution in [2.24, 2.45) is 0 Å². The molecule has 112 valence electrons. The van der Waals surface area contributed by atoms with Crippen molar-refractivity contribution in [3.63, 3.8) is 0 Å². The van der Waals surface area contributed by atoms with Gasteiger partial charge in [-0.3, -0.25) is 0 Å². The SMILES string of the molecule is Cc1cc(C(O)CCN(C)C2CCCCC2)ccc1Cl. The average molecular weight is 296 g/mol. The summed E-state index contributed by atoms with van der Waals surface area (Å²) in [4.78, 5) is 2.42. The Labute approximate surface area is 127 Å². The lowest BCUT2D eigenvalue weighted by atomic mass is 9.94. The number of rotatable bonds is 5. The lowest BCUT2D eigenvalue weighted by Gasteiger charge is -2.31. The Hall–Kier alpha value is -0.570. The molecular weight excluding hydrogens is 270 g/mol. The standard InChI is InChI=1S/C17H26ClNO/c1-13-12-14(8-9-16(13)18)17(20)10-11-19(2)15-6-4-3-5-7-15/h8-9,12,15,17,20H,3-7,10-11H2,1-2H3. The van der Waals surface area contributed by atoms with Crippen LogP contribution in [-0.4, -0.2) is 29.6 Å². The summed E-state index contributed by atoms with van der Waals surface area (Å²) in [5.41, 5.74) is 2.01. The van der Waals surface area contributed by atoms with Crippen LogP contribution in [0, 0.1) is 6.92 Å². The highest BCUT2D eigenvalue weighted by molar-refractivity contribution is 6.31. The molecule has 2 rings (SSSR count). The third kappa shape index (κ3) is 4.21. The van der Waals surface area contributed by atoms with Crippen molar-refractivity contribution in [3.05, 3.63) is 34.3 Å². The molecule has 0 heterocycles. The minimum absolute atomic E-state index is 0.392. The van der Waals surface area contributed by atoms with E-state index in [9.17, 15) is 5.11 Å². The molecule has 0 spiro atoms. The van der Waals surface area contributed by atoms with Crippen LogP contribution in [0.5, 0.6) is 0 Å². The van der Waals surface area contributed by atoms with E-state index in [0.29, 0.717) is 6.04 Å². The molecule has 2 nitrogen and oxygen atoms in total. The van der Waals surface area contributed by atoms with Crippen molar-refractivity contribution < 1.29 is 5.11 Å². The Balaban J connectivity index is 1.84. The van der Waals surface area contributed by atoms with Gasteiger partial charge in [0, 0.05) is 17.6 Å². The fourth-order valence-electron chi connectivity index (χ4n) is 3.07. The van der Waals surface area contributed by atoms with Gasteiger partial charge in [0.2, 0.25) is 0 Å². The summed E-state index contributed by atoms with van der Waals surface area (Å²) in [6.45, 7) is 2.93. The quantitative estimate of drug-likeness (QED) is 0.873. The third-order valence-corrected chi connectivity index (χ3v) is 4.94. The fourth-order valence-corrected chi connectivity index (χ4v) is 3.19. The van der Waals surface area contributed by atoms with Crippen LogP contribution in [0.4, 0.5) is 0 Å². The van der Waals surface area contributed by atoms with Gasteiger partial charge in [0.1, 0.15) is 0 Å². The molecule has 3 heteroatoms. The van der Waals surface area contributed by atoms with E-state index in [1.807, 2.05) is 25.1 Å². The molecule has 1 fully saturated rings. The Morgan fingerprint density at radius 2 is 2.00 bits per heavy atom. The maximum atomic E-state index is 10.3. The molecule has 1 unspecified atom stereocenters. The van der Waals surface area contributed by atoms with Crippen LogP contribution in [0.15, 0.2) is 18.2 Å². The van der Waals surface area contributed by atoms with Crippen molar-refractivity contribution in [3.8, 4) is 0 Å². The molecule has 0 radical (unpaired) electrons. The number of nitrogens with zero attached hydrogens (tertiary/aromatic N) is 1. The number of benzene rings is 1. The Kier molecular flexibility index (Phi) is 5.88. The number of hydrogen-bond acceptors (Lipinski definition) is 2. The summed E-state index contributed by atoms with van der Waals surface area (Å²) >= 11 is 6.02. The van der Waals surface area contributed by atoms with Crippen LogP contribution in [-0.2, 0) is 0 Å². The molecule has 1 aromatic rings. The molecule has 1 saturated carbocycles. The maximum Gasteiger partial charge on any atom is 0.0802 e. The van der Waals surface area contributed by atoms with E-state index in [-0.39, 0.29) is 0 Å². The van der Waals surface area contributed by atoms with Gasteiger partial charge in [-0.25, -0.2) is 0 Å². The first-order valence-corrected chi connectivity index (χ1v) is 8.10. The highest BCUT2D eigenvalue weighted by atomic mass is 35.5. The number of halogens is 1. The van der Waals surface area contributed by atoms with Crippen LogP contribution in [0.1, 0.15) is 55.8 Å². The molecule has 1 aliphatic rings. The van der Waals surface area contributed by atoms with Gasteiger partial charge in [0.05, 0.1) is 6.10 Å². The highest BCUT2D eigenvalue weighted by Crippen LogP contribution is 2.25. The molecule has 1 aromatic carbocycles. The molecule has 1 N–H and O–H groups in total. The van der Waals surface area contributed by atoms with Gasteiger partial charge < -0.3 is 10.0 Å². The molecule has 20 heavy (non-hydrogen) atoms. The maximum absolute atomic E-state index is 10.3. The van der Waals surface area contributed by atoms with Crippen molar-refractivity contribution >= 4 is 11.6 Å². The second-order valence-corrected chi connectivity index (χ2v) is 6.49. The Morgan fingerprint density at radius 1 is 1.30 bits per heavy atom. The fraction of sp³-hybridized carbons (Fsp3) is 0.647. The monoisotopic (exact) mass is 295 g/mol. The minimum atomic E-state index is -0.392. The van der Waals surface area contributed by atoms with E-state index < -0.39 is 6.10 Å². The molecule has 0 saturated heterocycles. The van der Waals surface area contributed by atoms with Crippen molar-refractivity contribution in [2.45, 2.75) is 57.6 Å². The largest absolute Gasteiger partial charge is 0.388 e. The third-order valence-electron chi connectivity index (χ3n) is 4.52. The Bertz CT molecular complexity index is 429. The molecule has 1 aliphatic carbocycles. The first kappa shape index (κ1) is 15.8. The van der Waals surface area contributed by atoms with E-state index in [2.05, 4.69) is 11.9 Å². The summed E-state index contributed by atoms with van der Waals surface area (Å²) < 4.78 is 0. The zero-order valence-corrected chi connectivity index (χ0v) is 13.4. The van der Waals surface area contributed by atoms with Gasteiger partial charge >= 0.3 is 0 Å². The van der Waals surface area contributed by atoms with Gasteiger partial charge in [0.15, 0.2) is 0 Å². The normalized spacial score (nSPS) is 18.4. The zero-order valence-electron chi connectivity index (χ0n) is 12.6. The summed E-state index contributed by atoms with van der Waals surface area (Å²) in [6.07, 6.45) is 7.11. The van der Waals surface area contributed by atoms with E-state index in [4.69, 9.17) is 11.6 Å². The van der Waals surface area contributed by atoms with E-state index in [1.165, 1.54) is 32.1 Å². The number of hydrogen-bond donors (Lipinski definition) is 1. The molecule has 1 atom stereocenters. The van der Waals surface area contributed by atoms with E-state index in [0.717, 1.165) is 29.1 Å². The molecule has 0 amide bonds. The lowest BCUT2D eigenvalue weighted by molar-refractivity contribution is 0.125. The summed E-state index contributed by atoms with van der Waals surface area (Å²) in [6, 6.07) is 6.51. The van der Waals surface area contributed by atoms with Gasteiger partial charge in [-0.15, -0.1) is 0 Å². The summed E-state index contributed by atoms with van der Waals surface area (Å²) in [5.74, 6) is 0. The van der Waals surface area contributed by atoms with Crippen LogP contribution in [0.3, 0.4) is 0 Å². The predicted molar refractivity (Wildman–Crippen MR) is 85.3 cm³/mol. The van der Waals surface area contributed by atoms with Crippen LogP contribution >= 0.6 is 11.6 Å². The second-order valence-electron chi connectivity index (χ2n) is 6.09. The predicted octanol–water partition coefficient (Wildman–Crippen LogP) is 4.34. The van der Waals surface area contributed by atoms with Gasteiger partial charge in [-0.2, -0.15) is 0 Å². The minimum Gasteiger partial charge on any atom is -0.388 e. The average Bonchev–Trinajstić information content (AvgIpc) is 2.48. The van der Waals surface area contributed by atoms with Crippen LogP contribution < -0.4 is 0 Å². The summed E-state index contributed by atoms with van der Waals surface area (Å²) in [5, 5.41) is 11.1. The molecular formula is C17H26ClNO. The molecule has 0 bridgehead atoms. The van der Waals surface area contributed by atoms with Crippen LogP contribution in [0.25, 0.3) is 0 Å². The van der Waals surface area contributed by atoms with Crippen molar-refractivity contribution in [1.82, 2.24) is 4.90 Å². The number of aliphatic hydroxyl groups is 1. The van der Waals surface area contributed by atoms with Crippen molar-refractivity contribution in [1.29, 1.82) is 0 Å². The van der Waals surface area contributed by atoms with Gasteiger partial charge in [0.25, 0.3) is 0 Å². The van der Waals surface area contributed by atoms with E-state index >= 15 is 0 Å². The lowest BCUT2D eigenvalue weighted by Crippen LogP contribution is -2.34. The summed E-state index contributed by atoms with van der Waals surface area (Å²) in [7, 11) is 2.19. The smallest absolute Gasteiger partial charge is 0.0802 e. The highest BCUT2D eigenvalue weighted by Gasteiger charge is 2.19. The Morgan fingerprint density at radius 3 is 2.65 bits per heavy atom. The zero-order chi connectivity index (χ0) is 14.5. The second kappa shape index (κ2) is 7.44.